The Labute approximate surface area is 172 Å². The van der Waals surface area contributed by atoms with Crippen molar-refractivity contribution < 1.29 is 24.4 Å². The van der Waals surface area contributed by atoms with Gasteiger partial charge in [0.05, 0.1) is 12.4 Å². The normalized spacial score (nSPS) is 12.9. The number of rotatable bonds is 12. The first-order valence-electron chi connectivity index (χ1n) is 9.98. The average Bonchev–Trinajstić information content (AvgIpc) is 2.64. The third-order valence-corrected chi connectivity index (χ3v) is 4.48. The first kappa shape index (κ1) is 24.7. The summed E-state index contributed by atoms with van der Waals surface area (Å²) in [6, 6.07) is 5.83. The summed E-state index contributed by atoms with van der Waals surface area (Å²) in [5, 5.41) is 24.0. The number of aryl methyl sites for hydroxylation is 1. The van der Waals surface area contributed by atoms with Crippen LogP contribution in [0, 0.1) is 5.92 Å². The molecule has 29 heavy (non-hydrogen) atoms. The number of carbonyl (C=O) groups excluding carboxylic acids is 3. The summed E-state index contributed by atoms with van der Waals surface area (Å²) >= 11 is 0. The fourth-order valence-corrected chi connectivity index (χ4v) is 2.90. The fraction of sp³-hybridized carbons (Fsp3) is 0.550. The molecule has 0 saturated heterocycles. The van der Waals surface area contributed by atoms with Crippen LogP contribution in [0.15, 0.2) is 24.3 Å². The number of primary amides is 1. The van der Waals surface area contributed by atoms with Crippen molar-refractivity contribution in [3.05, 3.63) is 35.4 Å². The molecule has 2 atom stereocenters. The molecule has 0 unspecified atom stereocenters. The minimum absolute atomic E-state index is 0.0949. The van der Waals surface area contributed by atoms with E-state index in [9.17, 15) is 24.4 Å². The van der Waals surface area contributed by atoms with Crippen molar-refractivity contribution in [1.82, 2.24) is 10.6 Å². The highest BCUT2D eigenvalue weighted by molar-refractivity contribution is 6.43. The van der Waals surface area contributed by atoms with Crippen LogP contribution in [-0.2, 0) is 16.0 Å². The van der Waals surface area contributed by atoms with Gasteiger partial charge in [-0.3, -0.25) is 14.4 Å². The van der Waals surface area contributed by atoms with E-state index in [0.717, 1.165) is 24.8 Å². The van der Waals surface area contributed by atoms with Gasteiger partial charge in [-0.05, 0) is 42.9 Å². The van der Waals surface area contributed by atoms with Crippen LogP contribution in [0.1, 0.15) is 62.4 Å². The summed E-state index contributed by atoms with van der Waals surface area (Å²) < 4.78 is 0. The fourth-order valence-electron chi connectivity index (χ4n) is 2.90. The van der Waals surface area contributed by atoms with Crippen molar-refractivity contribution in [2.24, 2.45) is 11.7 Å². The third kappa shape index (κ3) is 9.10. The smallest absolute Gasteiger partial charge is 0.426 e. The minimum atomic E-state index is -1.76. The predicted octanol–water partition coefficient (Wildman–Crippen LogP) is 0.546. The molecule has 0 aliphatic rings. The first-order chi connectivity index (χ1) is 13.6. The summed E-state index contributed by atoms with van der Waals surface area (Å²) in [5.74, 6) is -2.80. The van der Waals surface area contributed by atoms with Gasteiger partial charge in [-0.1, -0.05) is 39.3 Å². The topological polar surface area (TPSA) is 142 Å². The largest absolute Gasteiger partial charge is 0.475 e. The Balaban J connectivity index is 2.84. The second-order valence-corrected chi connectivity index (χ2v) is 7.66. The Kier molecular flexibility index (Phi) is 10.4. The van der Waals surface area contributed by atoms with Gasteiger partial charge in [0, 0.05) is 5.56 Å². The van der Waals surface area contributed by atoms with Crippen molar-refractivity contribution >= 4 is 24.8 Å². The van der Waals surface area contributed by atoms with E-state index in [0.29, 0.717) is 12.0 Å². The second-order valence-electron chi connectivity index (χ2n) is 7.66. The number of unbranched alkanes of at least 4 members (excludes halogenated alkanes) is 1. The zero-order valence-electron chi connectivity index (χ0n) is 17.4. The molecule has 0 bridgehead atoms. The van der Waals surface area contributed by atoms with Crippen LogP contribution in [0.4, 0.5) is 0 Å². The van der Waals surface area contributed by atoms with Gasteiger partial charge in [-0.2, -0.15) is 0 Å². The van der Waals surface area contributed by atoms with Gasteiger partial charge in [0.2, 0.25) is 11.8 Å². The molecule has 0 spiro atoms. The lowest BCUT2D eigenvalue weighted by Crippen LogP contribution is -2.55. The maximum absolute atomic E-state index is 12.6. The van der Waals surface area contributed by atoms with Crippen LogP contribution >= 0.6 is 0 Å². The van der Waals surface area contributed by atoms with Gasteiger partial charge >= 0.3 is 7.12 Å². The maximum atomic E-state index is 12.6. The molecule has 1 aromatic rings. The molecule has 0 heterocycles. The maximum Gasteiger partial charge on any atom is 0.475 e. The highest BCUT2D eigenvalue weighted by Gasteiger charge is 2.30. The highest BCUT2D eigenvalue weighted by Crippen LogP contribution is 2.10. The molecule has 1 rings (SSSR count). The van der Waals surface area contributed by atoms with Gasteiger partial charge in [0.25, 0.3) is 5.91 Å². The van der Waals surface area contributed by atoms with Crippen LogP contribution in [0.3, 0.4) is 0 Å². The number of hydrogen-bond donors (Lipinski definition) is 5. The number of benzene rings is 1. The molecule has 0 aromatic heterocycles. The lowest BCUT2D eigenvalue weighted by molar-refractivity contribution is -0.127. The summed E-state index contributed by atoms with van der Waals surface area (Å²) in [6.45, 7) is 5.84. The molecule has 0 aliphatic heterocycles. The van der Waals surface area contributed by atoms with Crippen molar-refractivity contribution in [3.63, 3.8) is 0 Å². The van der Waals surface area contributed by atoms with E-state index >= 15 is 0 Å². The van der Waals surface area contributed by atoms with Crippen LogP contribution < -0.4 is 16.4 Å². The Bertz CT molecular complexity index is 679. The van der Waals surface area contributed by atoms with Gasteiger partial charge < -0.3 is 26.4 Å². The lowest BCUT2D eigenvalue weighted by Gasteiger charge is -2.23. The SMILES string of the molecule is CCCCc1ccc(C(=O)N[C@@H](CC(N)=O)C(=O)N[C@@H](CC(C)C)B(O)O)cc1. The minimum Gasteiger partial charge on any atom is -0.426 e. The quantitative estimate of drug-likeness (QED) is 0.323. The Morgan fingerprint density at radius 1 is 1.10 bits per heavy atom. The summed E-state index contributed by atoms with van der Waals surface area (Å²) in [7, 11) is -1.76. The number of amides is 3. The van der Waals surface area contributed by atoms with Gasteiger partial charge in [0.1, 0.15) is 6.04 Å². The molecule has 6 N–H and O–H groups in total. The zero-order chi connectivity index (χ0) is 22.0. The first-order valence-corrected chi connectivity index (χ1v) is 9.98. The predicted molar refractivity (Wildman–Crippen MR) is 112 cm³/mol. The molecule has 1 aromatic carbocycles. The van der Waals surface area contributed by atoms with E-state index in [1.807, 2.05) is 26.0 Å². The molecule has 3 amide bonds. The Morgan fingerprint density at radius 3 is 2.21 bits per heavy atom. The third-order valence-electron chi connectivity index (χ3n) is 4.48. The van der Waals surface area contributed by atoms with Crippen LogP contribution in [0.2, 0.25) is 0 Å². The van der Waals surface area contributed by atoms with Crippen molar-refractivity contribution in [2.45, 2.75) is 64.9 Å². The summed E-state index contributed by atoms with van der Waals surface area (Å²) in [4.78, 5) is 36.4. The molecule has 8 nitrogen and oxygen atoms in total. The van der Waals surface area contributed by atoms with Gasteiger partial charge in [0.15, 0.2) is 0 Å². The van der Waals surface area contributed by atoms with Crippen molar-refractivity contribution in [3.8, 4) is 0 Å². The highest BCUT2D eigenvalue weighted by atomic mass is 16.4. The van der Waals surface area contributed by atoms with Gasteiger partial charge in [-0.25, -0.2) is 0 Å². The van der Waals surface area contributed by atoms with E-state index in [1.165, 1.54) is 0 Å². The average molecular weight is 405 g/mol. The van der Waals surface area contributed by atoms with E-state index in [2.05, 4.69) is 17.6 Å². The van der Waals surface area contributed by atoms with E-state index < -0.39 is 43.2 Å². The summed E-state index contributed by atoms with van der Waals surface area (Å²) in [5.41, 5.74) is 6.68. The van der Waals surface area contributed by atoms with Crippen LogP contribution in [0.25, 0.3) is 0 Å². The Hall–Kier alpha value is -2.39. The van der Waals surface area contributed by atoms with E-state index in [4.69, 9.17) is 5.73 Å². The molecule has 0 aliphatic carbocycles. The molecular formula is C20H32BN3O5. The van der Waals surface area contributed by atoms with Crippen molar-refractivity contribution in [2.75, 3.05) is 0 Å². The van der Waals surface area contributed by atoms with Crippen molar-refractivity contribution in [1.29, 1.82) is 0 Å². The lowest BCUT2D eigenvalue weighted by atomic mass is 9.75. The van der Waals surface area contributed by atoms with E-state index in [-0.39, 0.29) is 5.92 Å². The van der Waals surface area contributed by atoms with Gasteiger partial charge in [-0.15, -0.1) is 0 Å². The van der Waals surface area contributed by atoms with Crippen LogP contribution in [0.5, 0.6) is 0 Å². The Morgan fingerprint density at radius 2 is 1.72 bits per heavy atom. The standard InChI is InChI=1S/C20H32BN3O5/c1-4-5-6-14-7-9-15(10-8-14)19(26)23-16(12-18(22)25)20(27)24-17(21(28)29)11-13(2)3/h7-10,13,16-17,28-29H,4-6,11-12H2,1-3H3,(H2,22,25)(H,23,26)(H,24,27)/t16-,17-/m0/s1. The molecule has 0 radical (unpaired) electrons. The number of nitrogens with two attached hydrogens (primary N) is 1. The monoisotopic (exact) mass is 405 g/mol. The molecule has 9 heteroatoms. The van der Waals surface area contributed by atoms with Crippen LogP contribution in [-0.4, -0.2) is 46.9 Å². The number of carbonyl (C=O) groups is 3. The molecule has 0 saturated carbocycles. The molecule has 0 fully saturated rings. The zero-order valence-corrected chi connectivity index (χ0v) is 17.4. The van der Waals surface area contributed by atoms with E-state index in [1.54, 1.807) is 12.1 Å². The summed E-state index contributed by atoms with van der Waals surface area (Å²) in [6.07, 6.45) is 2.97. The molecular weight excluding hydrogens is 373 g/mol. The molecule has 160 valence electrons. The second kappa shape index (κ2) is 12.2. The number of hydrogen-bond acceptors (Lipinski definition) is 5. The number of nitrogens with one attached hydrogen (secondary N) is 2.